The molecule has 0 radical (unpaired) electrons. The van der Waals surface area contributed by atoms with Crippen LogP contribution in [0.5, 0.6) is 0 Å². The van der Waals surface area contributed by atoms with Gasteiger partial charge in [0.15, 0.2) is 0 Å². The molecule has 0 aromatic rings. The zero-order valence-corrected chi connectivity index (χ0v) is 4.28. The summed E-state index contributed by atoms with van der Waals surface area (Å²) in [5, 5.41) is 5.70. The quantitative estimate of drug-likeness (QED) is 0.334. The van der Waals surface area contributed by atoms with Crippen molar-refractivity contribution in [2.24, 2.45) is 5.11 Å². The minimum atomic E-state index is 1.29. The molecular weight excluding hydrogens is 104 g/mol. The molecule has 0 bridgehead atoms. The van der Waals surface area contributed by atoms with Crippen LogP contribution in [0, 0.1) is 0 Å². The van der Waals surface area contributed by atoms with Gasteiger partial charge in [-0.3, -0.25) is 0 Å². The van der Waals surface area contributed by atoms with Crippen molar-refractivity contribution in [3.05, 3.63) is 35.6 Å². The summed E-state index contributed by atoms with van der Waals surface area (Å²) in [7, 11) is 0. The first-order valence-corrected chi connectivity index (χ1v) is 1.98. The SMILES string of the molecule is C=CN/C=C\N=[N+]=[N-]. The van der Waals surface area contributed by atoms with Gasteiger partial charge in [-0.2, -0.15) is 0 Å². The van der Waals surface area contributed by atoms with Gasteiger partial charge in [0.25, 0.3) is 0 Å². The van der Waals surface area contributed by atoms with Crippen molar-refractivity contribution in [2.45, 2.75) is 0 Å². The molecule has 4 nitrogen and oxygen atoms in total. The van der Waals surface area contributed by atoms with Gasteiger partial charge in [-0.15, -0.1) is 0 Å². The maximum absolute atomic E-state index is 7.72. The zero-order chi connectivity index (χ0) is 6.24. The molecule has 0 saturated heterocycles. The summed E-state index contributed by atoms with van der Waals surface area (Å²) in [4.78, 5) is 2.47. The van der Waals surface area contributed by atoms with E-state index < -0.39 is 0 Å². The van der Waals surface area contributed by atoms with Crippen LogP contribution in [-0.4, -0.2) is 0 Å². The normalized spacial score (nSPS) is 8.00. The van der Waals surface area contributed by atoms with Crippen molar-refractivity contribution in [1.82, 2.24) is 5.32 Å². The molecule has 0 aromatic carbocycles. The Hall–Kier alpha value is -1.41. The minimum absolute atomic E-state index is 1.29. The van der Waals surface area contributed by atoms with Crippen LogP contribution in [-0.2, 0) is 0 Å². The fraction of sp³-hybridized carbons (Fsp3) is 0. The Morgan fingerprint density at radius 3 is 3.00 bits per heavy atom. The van der Waals surface area contributed by atoms with Crippen molar-refractivity contribution < 1.29 is 0 Å². The van der Waals surface area contributed by atoms with E-state index in [-0.39, 0.29) is 0 Å². The van der Waals surface area contributed by atoms with Crippen LogP contribution >= 0.6 is 0 Å². The van der Waals surface area contributed by atoms with E-state index in [0.29, 0.717) is 0 Å². The van der Waals surface area contributed by atoms with E-state index in [4.69, 9.17) is 5.53 Å². The van der Waals surface area contributed by atoms with Gasteiger partial charge in [-0.1, -0.05) is 11.7 Å². The summed E-state index contributed by atoms with van der Waals surface area (Å²) in [5.41, 5.74) is 7.72. The molecule has 0 aliphatic rings. The average Bonchev–Trinajstić information content (AvgIpc) is 1.81. The second kappa shape index (κ2) is 5.59. The smallest absolute Gasteiger partial charge is 0.0169 e. The predicted molar refractivity (Wildman–Crippen MR) is 31.6 cm³/mol. The fourth-order valence-electron chi connectivity index (χ4n) is 0.174. The fourth-order valence-corrected chi connectivity index (χ4v) is 0.174. The number of rotatable bonds is 3. The Labute approximate surface area is 47.1 Å². The number of nitrogens with one attached hydrogen (secondary N) is 1. The van der Waals surface area contributed by atoms with E-state index in [1.807, 2.05) is 0 Å². The van der Waals surface area contributed by atoms with Gasteiger partial charge in [0, 0.05) is 17.3 Å². The summed E-state index contributed by atoms with van der Waals surface area (Å²) < 4.78 is 0. The molecule has 0 saturated carbocycles. The molecule has 4 heteroatoms. The molecule has 0 fully saturated rings. The zero-order valence-electron chi connectivity index (χ0n) is 4.28. The summed E-state index contributed by atoms with van der Waals surface area (Å²) in [6, 6.07) is 0. The van der Waals surface area contributed by atoms with E-state index in [1.54, 1.807) is 0 Å². The van der Waals surface area contributed by atoms with Crippen LogP contribution < -0.4 is 5.32 Å². The Morgan fingerprint density at radius 2 is 2.50 bits per heavy atom. The topological polar surface area (TPSA) is 60.8 Å². The van der Waals surface area contributed by atoms with Gasteiger partial charge in [0.2, 0.25) is 0 Å². The molecule has 0 spiro atoms. The van der Waals surface area contributed by atoms with Gasteiger partial charge < -0.3 is 5.32 Å². The van der Waals surface area contributed by atoms with Crippen molar-refractivity contribution in [2.75, 3.05) is 0 Å². The number of azide groups is 1. The van der Waals surface area contributed by atoms with Crippen molar-refractivity contribution in [1.29, 1.82) is 0 Å². The summed E-state index contributed by atoms with van der Waals surface area (Å²) in [6.45, 7) is 3.36. The number of hydrogen-bond donors (Lipinski definition) is 1. The molecule has 0 amide bonds. The highest BCUT2D eigenvalue weighted by atomic mass is 15.1. The Balaban J connectivity index is 3.33. The monoisotopic (exact) mass is 110 g/mol. The maximum atomic E-state index is 7.72. The molecule has 1 N–H and O–H groups in total. The molecular formula is C4H6N4. The second-order valence-corrected chi connectivity index (χ2v) is 0.891. The highest BCUT2D eigenvalue weighted by Gasteiger charge is 1.57. The van der Waals surface area contributed by atoms with E-state index >= 15 is 0 Å². The van der Waals surface area contributed by atoms with Crippen LogP contribution in [0.2, 0.25) is 0 Å². The molecule has 0 rings (SSSR count). The summed E-state index contributed by atoms with van der Waals surface area (Å²) in [5.74, 6) is 0. The lowest BCUT2D eigenvalue weighted by molar-refractivity contribution is 1.19. The largest absolute Gasteiger partial charge is 0.368 e. The first-order chi connectivity index (χ1) is 3.91. The van der Waals surface area contributed by atoms with Gasteiger partial charge in [0.1, 0.15) is 0 Å². The minimum Gasteiger partial charge on any atom is -0.368 e. The lowest BCUT2D eigenvalue weighted by Gasteiger charge is -1.79. The van der Waals surface area contributed by atoms with Crippen molar-refractivity contribution >= 4 is 0 Å². The summed E-state index contributed by atoms with van der Waals surface area (Å²) in [6.07, 6.45) is 4.25. The van der Waals surface area contributed by atoms with Crippen LogP contribution in [0.4, 0.5) is 0 Å². The van der Waals surface area contributed by atoms with Crippen LogP contribution in [0.1, 0.15) is 0 Å². The van der Waals surface area contributed by atoms with Crippen molar-refractivity contribution in [3.8, 4) is 0 Å². The predicted octanol–water partition coefficient (Wildman–Crippen LogP) is 1.50. The summed E-state index contributed by atoms with van der Waals surface area (Å²) >= 11 is 0. The average molecular weight is 110 g/mol. The van der Waals surface area contributed by atoms with Crippen LogP contribution in [0.15, 0.2) is 30.3 Å². The van der Waals surface area contributed by atoms with Gasteiger partial charge in [-0.05, 0) is 11.7 Å². The first-order valence-electron chi connectivity index (χ1n) is 1.98. The third-order valence-corrected chi connectivity index (χ3v) is 0.407. The first kappa shape index (κ1) is 6.59. The van der Waals surface area contributed by atoms with Gasteiger partial charge in [-0.25, -0.2) is 0 Å². The Kier molecular flexibility index (Phi) is 4.60. The van der Waals surface area contributed by atoms with Crippen LogP contribution in [0.25, 0.3) is 10.4 Å². The van der Waals surface area contributed by atoms with Crippen LogP contribution in [0.3, 0.4) is 0 Å². The highest BCUT2D eigenvalue weighted by molar-refractivity contribution is 4.81. The van der Waals surface area contributed by atoms with E-state index in [0.717, 1.165) is 0 Å². The third kappa shape index (κ3) is 4.59. The molecule has 8 heavy (non-hydrogen) atoms. The molecule has 0 atom stereocenters. The highest BCUT2D eigenvalue weighted by Crippen LogP contribution is 1.69. The molecule has 0 aromatic heterocycles. The lowest BCUT2D eigenvalue weighted by Crippen LogP contribution is -1.87. The second-order valence-electron chi connectivity index (χ2n) is 0.891. The van der Waals surface area contributed by atoms with Gasteiger partial charge in [0.05, 0.1) is 0 Å². The molecule has 42 valence electrons. The molecule has 0 aliphatic heterocycles. The number of nitrogens with zero attached hydrogens (tertiary/aromatic N) is 3. The molecule has 0 unspecified atom stereocenters. The van der Waals surface area contributed by atoms with Gasteiger partial charge >= 0.3 is 0 Å². The van der Waals surface area contributed by atoms with E-state index in [2.05, 4.69) is 21.9 Å². The van der Waals surface area contributed by atoms with E-state index in [1.165, 1.54) is 18.6 Å². The molecule has 0 heterocycles. The number of hydrogen-bond acceptors (Lipinski definition) is 2. The third-order valence-electron chi connectivity index (χ3n) is 0.407. The lowest BCUT2D eigenvalue weighted by atomic mass is 10.8. The Morgan fingerprint density at radius 1 is 1.75 bits per heavy atom. The maximum Gasteiger partial charge on any atom is 0.0169 e. The van der Waals surface area contributed by atoms with E-state index in [9.17, 15) is 0 Å². The standard InChI is InChI=1S/C4H6N4/c1-2-6-3-4-7-8-5/h2-4,6H,1H2/b4-3-. The molecule has 0 aliphatic carbocycles. The van der Waals surface area contributed by atoms with Crippen molar-refractivity contribution in [3.63, 3.8) is 0 Å². The Bertz CT molecular complexity index is 131.